The maximum Gasteiger partial charge on any atom is 0.404 e. The summed E-state index contributed by atoms with van der Waals surface area (Å²) >= 11 is 0. The first-order chi connectivity index (χ1) is 5.37. The second kappa shape index (κ2) is 4.27. The normalized spacial score (nSPS) is 14.0. The van der Waals surface area contributed by atoms with Gasteiger partial charge in [0.2, 0.25) is 0 Å². The summed E-state index contributed by atoms with van der Waals surface area (Å²) in [5, 5.41) is 0. The number of rotatable bonds is 4. The molecule has 0 spiro atoms. The first-order valence-corrected chi connectivity index (χ1v) is 3.72. The van der Waals surface area contributed by atoms with E-state index in [1.54, 1.807) is 14.0 Å². The number of quaternary nitrogens is 1. The summed E-state index contributed by atoms with van der Waals surface area (Å²) in [6.07, 6.45) is -0.990. The Morgan fingerprint density at radius 1 is 1.58 bits per heavy atom. The van der Waals surface area contributed by atoms with E-state index in [-0.39, 0.29) is 6.10 Å². The zero-order chi connectivity index (χ0) is 9.78. The fraction of sp³-hybridized carbons (Fsp3) is 0.857. The SMILES string of the molecule is CO[N+](C)(C)CC(C)OC(N)=O. The van der Waals surface area contributed by atoms with E-state index in [1.807, 2.05) is 14.1 Å². The Kier molecular flexibility index (Phi) is 3.99. The Bertz CT molecular complexity index is 159. The second-order valence-corrected chi connectivity index (χ2v) is 3.19. The third-order valence-corrected chi connectivity index (χ3v) is 1.51. The van der Waals surface area contributed by atoms with Gasteiger partial charge in [-0.1, -0.05) is 0 Å². The molecule has 0 saturated heterocycles. The molecule has 0 aromatic heterocycles. The van der Waals surface area contributed by atoms with Gasteiger partial charge in [0.25, 0.3) is 0 Å². The van der Waals surface area contributed by atoms with E-state index in [0.717, 1.165) is 0 Å². The van der Waals surface area contributed by atoms with Gasteiger partial charge >= 0.3 is 6.09 Å². The number of nitrogens with two attached hydrogens (primary N) is 1. The Morgan fingerprint density at radius 3 is 2.42 bits per heavy atom. The number of amides is 1. The molecule has 0 bridgehead atoms. The lowest BCUT2D eigenvalue weighted by molar-refractivity contribution is -1.07. The van der Waals surface area contributed by atoms with E-state index in [0.29, 0.717) is 11.2 Å². The summed E-state index contributed by atoms with van der Waals surface area (Å²) in [4.78, 5) is 15.4. The van der Waals surface area contributed by atoms with Crippen molar-refractivity contribution in [3.8, 4) is 0 Å². The number of hydrogen-bond acceptors (Lipinski definition) is 3. The van der Waals surface area contributed by atoms with Crippen molar-refractivity contribution < 1.29 is 19.0 Å². The maximum atomic E-state index is 10.3. The fourth-order valence-electron chi connectivity index (χ4n) is 0.929. The molecule has 2 N–H and O–H groups in total. The van der Waals surface area contributed by atoms with Crippen LogP contribution in [0.5, 0.6) is 0 Å². The number of carbonyl (C=O) groups is 1. The number of likely N-dealkylation sites (N-methyl/N-ethyl adjacent to an activating group) is 1. The molecule has 0 saturated carbocycles. The first-order valence-electron chi connectivity index (χ1n) is 3.72. The maximum absolute atomic E-state index is 10.3. The van der Waals surface area contributed by atoms with Gasteiger partial charge in [-0.05, 0) is 6.92 Å². The van der Waals surface area contributed by atoms with Crippen LogP contribution in [0.25, 0.3) is 0 Å². The summed E-state index contributed by atoms with van der Waals surface area (Å²) in [5.74, 6) is 0. The monoisotopic (exact) mass is 177 g/mol. The average Bonchev–Trinajstić information content (AvgIpc) is 1.84. The van der Waals surface area contributed by atoms with E-state index in [4.69, 9.17) is 15.3 Å². The molecule has 1 atom stereocenters. The predicted molar refractivity (Wildman–Crippen MR) is 44.1 cm³/mol. The molecular formula is C7H17N2O3+. The minimum Gasteiger partial charge on any atom is -0.441 e. The fourth-order valence-corrected chi connectivity index (χ4v) is 0.929. The molecular weight excluding hydrogens is 160 g/mol. The highest BCUT2D eigenvalue weighted by atomic mass is 16.7. The van der Waals surface area contributed by atoms with Gasteiger partial charge in [-0.2, -0.15) is 4.65 Å². The number of primary amides is 1. The molecule has 0 aliphatic rings. The Balaban J connectivity index is 3.83. The highest BCUT2D eigenvalue weighted by molar-refractivity contribution is 5.64. The molecule has 0 aliphatic heterocycles. The van der Waals surface area contributed by atoms with Crippen molar-refractivity contribution in [3.63, 3.8) is 0 Å². The topological polar surface area (TPSA) is 61.6 Å². The molecule has 72 valence electrons. The molecule has 0 radical (unpaired) electrons. The lowest BCUT2D eigenvalue weighted by atomic mass is 10.4. The van der Waals surface area contributed by atoms with Crippen molar-refractivity contribution in [2.45, 2.75) is 13.0 Å². The van der Waals surface area contributed by atoms with Crippen molar-refractivity contribution in [2.24, 2.45) is 5.73 Å². The lowest BCUT2D eigenvalue weighted by Crippen LogP contribution is -2.45. The minimum absolute atomic E-state index is 0.238. The number of hydroxylamine groups is 3. The quantitative estimate of drug-likeness (QED) is 0.489. The molecule has 5 nitrogen and oxygen atoms in total. The third-order valence-electron chi connectivity index (χ3n) is 1.51. The molecule has 0 fully saturated rings. The van der Waals surface area contributed by atoms with Crippen molar-refractivity contribution in [1.29, 1.82) is 0 Å². The lowest BCUT2D eigenvalue weighted by Gasteiger charge is -2.27. The molecule has 1 unspecified atom stereocenters. The first kappa shape index (κ1) is 11.2. The van der Waals surface area contributed by atoms with Crippen LogP contribution in [0.3, 0.4) is 0 Å². The van der Waals surface area contributed by atoms with Crippen molar-refractivity contribution in [3.05, 3.63) is 0 Å². The predicted octanol–water partition coefficient (Wildman–Crippen LogP) is 0.108. The standard InChI is InChI=1S/C7H16N2O3/c1-6(12-7(8)10)5-9(2,3)11-4/h6H,5H2,1-4H3,(H-,8,10)/p+1. The van der Waals surface area contributed by atoms with Crippen LogP contribution in [0.2, 0.25) is 0 Å². The highest BCUT2D eigenvalue weighted by Gasteiger charge is 2.21. The summed E-state index contributed by atoms with van der Waals surface area (Å²) < 4.78 is 5.06. The van der Waals surface area contributed by atoms with Gasteiger partial charge in [-0.15, -0.1) is 0 Å². The van der Waals surface area contributed by atoms with Crippen LogP contribution in [0, 0.1) is 0 Å². The molecule has 12 heavy (non-hydrogen) atoms. The van der Waals surface area contributed by atoms with Gasteiger partial charge in [0.15, 0.2) is 6.10 Å². The minimum atomic E-state index is -0.751. The van der Waals surface area contributed by atoms with E-state index in [9.17, 15) is 4.79 Å². The van der Waals surface area contributed by atoms with Gasteiger partial charge in [-0.3, -0.25) is 0 Å². The van der Waals surface area contributed by atoms with E-state index in [2.05, 4.69) is 0 Å². The highest BCUT2D eigenvalue weighted by Crippen LogP contribution is 2.02. The van der Waals surface area contributed by atoms with E-state index < -0.39 is 6.09 Å². The van der Waals surface area contributed by atoms with E-state index in [1.165, 1.54) is 0 Å². The molecule has 0 heterocycles. The second-order valence-electron chi connectivity index (χ2n) is 3.19. The average molecular weight is 177 g/mol. The van der Waals surface area contributed by atoms with Crippen LogP contribution in [0.1, 0.15) is 6.92 Å². The summed E-state index contributed by atoms with van der Waals surface area (Å²) in [6.45, 7) is 2.34. The van der Waals surface area contributed by atoms with Gasteiger partial charge in [0.1, 0.15) is 6.54 Å². The van der Waals surface area contributed by atoms with Crippen LogP contribution in [0.15, 0.2) is 0 Å². The molecule has 0 aromatic carbocycles. The van der Waals surface area contributed by atoms with Crippen molar-refractivity contribution in [1.82, 2.24) is 0 Å². The smallest absolute Gasteiger partial charge is 0.404 e. The van der Waals surface area contributed by atoms with Gasteiger partial charge in [0.05, 0.1) is 21.2 Å². The van der Waals surface area contributed by atoms with Crippen LogP contribution in [-0.4, -0.2) is 44.6 Å². The molecule has 0 aliphatic carbocycles. The summed E-state index contributed by atoms with van der Waals surface area (Å²) in [6, 6.07) is 0. The van der Waals surface area contributed by atoms with Gasteiger partial charge in [0, 0.05) is 0 Å². The van der Waals surface area contributed by atoms with Crippen LogP contribution >= 0.6 is 0 Å². The van der Waals surface area contributed by atoms with Gasteiger partial charge < -0.3 is 10.5 Å². The third kappa shape index (κ3) is 4.92. The molecule has 0 aromatic rings. The molecule has 0 rings (SSSR count). The molecule has 1 amide bonds. The Morgan fingerprint density at radius 2 is 2.08 bits per heavy atom. The van der Waals surface area contributed by atoms with Gasteiger partial charge in [-0.25, -0.2) is 9.63 Å². The van der Waals surface area contributed by atoms with Crippen LogP contribution in [0.4, 0.5) is 4.79 Å². The number of nitrogens with zero attached hydrogens (tertiary/aromatic N) is 1. The van der Waals surface area contributed by atoms with Crippen molar-refractivity contribution >= 4 is 6.09 Å². The largest absolute Gasteiger partial charge is 0.441 e. The van der Waals surface area contributed by atoms with Crippen LogP contribution in [-0.2, 0) is 9.57 Å². The Labute approximate surface area is 72.6 Å². The molecule has 5 heteroatoms. The van der Waals surface area contributed by atoms with Crippen molar-refractivity contribution in [2.75, 3.05) is 27.7 Å². The van der Waals surface area contributed by atoms with E-state index >= 15 is 0 Å². The summed E-state index contributed by atoms with van der Waals surface area (Å²) in [7, 11) is 5.32. The number of hydrogen-bond donors (Lipinski definition) is 1. The zero-order valence-electron chi connectivity index (χ0n) is 8.03. The Hall–Kier alpha value is -0.810. The number of carbonyl (C=O) groups excluding carboxylic acids is 1. The number of ether oxygens (including phenoxy) is 1. The zero-order valence-corrected chi connectivity index (χ0v) is 8.03. The summed E-state index contributed by atoms with van der Waals surface area (Å²) in [5.41, 5.74) is 4.84. The van der Waals surface area contributed by atoms with Crippen LogP contribution < -0.4 is 5.73 Å².